The van der Waals surface area contributed by atoms with Crippen molar-refractivity contribution in [2.45, 2.75) is 38.1 Å². The van der Waals surface area contributed by atoms with Gasteiger partial charge in [0.25, 0.3) is 0 Å². The lowest BCUT2D eigenvalue weighted by Gasteiger charge is -2.12. The van der Waals surface area contributed by atoms with Crippen molar-refractivity contribution in [3.05, 3.63) is 29.8 Å². The Hall–Kier alpha value is -2.55. The Morgan fingerprint density at radius 2 is 1.85 bits per heavy atom. The summed E-state index contributed by atoms with van der Waals surface area (Å²) in [7, 11) is 0. The van der Waals surface area contributed by atoms with Gasteiger partial charge in [-0.15, -0.1) is 10.2 Å². The van der Waals surface area contributed by atoms with E-state index in [1.807, 2.05) is 45.0 Å². The van der Waals surface area contributed by atoms with Crippen LogP contribution in [0.15, 0.2) is 29.4 Å². The van der Waals surface area contributed by atoms with Gasteiger partial charge in [0.15, 0.2) is 5.82 Å². The number of urea groups is 1. The first-order valence-corrected chi connectivity index (χ1v) is 9.18. The summed E-state index contributed by atoms with van der Waals surface area (Å²) in [5.41, 5.74) is 1.97. The number of aryl methyl sites for hydroxylation is 1. The summed E-state index contributed by atoms with van der Waals surface area (Å²) in [5.74, 6) is 6.46. The second-order valence-corrected chi connectivity index (χ2v) is 7.70. The van der Waals surface area contributed by atoms with Crippen LogP contribution in [-0.2, 0) is 4.79 Å². The van der Waals surface area contributed by atoms with Crippen molar-refractivity contribution in [1.82, 2.24) is 25.5 Å². The number of benzene rings is 1. The minimum Gasteiger partial charge on any atom is -0.338 e. The standard InChI is InChI=1S/C17H24N6O2S/c1-10(2)9-19-16(25)20-15(24)12(4)26-17-22-21-14(23(17)18)13-7-5-11(3)6-8-13/h5-8,10,12H,9,18H2,1-4H3,(H2,19,20,24,25). The number of rotatable bonds is 6. The van der Waals surface area contributed by atoms with Crippen molar-refractivity contribution in [2.75, 3.05) is 12.4 Å². The van der Waals surface area contributed by atoms with E-state index >= 15 is 0 Å². The zero-order chi connectivity index (χ0) is 19.3. The number of nitrogens with one attached hydrogen (secondary N) is 2. The minimum atomic E-state index is -0.558. The Morgan fingerprint density at radius 3 is 2.46 bits per heavy atom. The van der Waals surface area contributed by atoms with Gasteiger partial charge >= 0.3 is 6.03 Å². The van der Waals surface area contributed by atoms with Gasteiger partial charge in [-0.05, 0) is 19.8 Å². The summed E-state index contributed by atoms with van der Waals surface area (Å²) >= 11 is 1.14. The maximum Gasteiger partial charge on any atom is 0.321 e. The largest absolute Gasteiger partial charge is 0.338 e. The summed E-state index contributed by atoms with van der Waals surface area (Å²) in [5, 5.41) is 12.9. The van der Waals surface area contributed by atoms with E-state index in [-0.39, 0.29) is 0 Å². The molecule has 1 aromatic heterocycles. The summed E-state index contributed by atoms with van der Waals surface area (Å²) < 4.78 is 1.35. The van der Waals surface area contributed by atoms with Crippen LogP contribution in [0, 0.1) is 12.8 Å². The number of hydrogen-bond donors (Lipinski definition) is 3. The number of hydrogen-bond acceptors (Lipinski definition) is 6. The lowest BCUT2D eigenvalue weighted by molar-refractivity contribution is -0.119. The van der Waals surface area contributed by atoms with Gasteiger partial charge < -0.3 is 11.2 Å². The molecule has 8 nitrogen and oxygen atoms in total. The Bertz CT molecular complexity index is 772. The maximum atomic E-state index is 12.1. The number of aromatic nitrogens is 3. The zero-order valence-electron chi connectivity index (χ0n) is 15.3. The molecule has 1 atom stereocenters. The molecule has 0 saturated carbocycles. The fourth-order valence-corrected chi connectivity index (χ4v) is 2.79. The van der Waals surface area contributed by atoms with E-state index in [9.17, 15) is 9.59 Å². The van der Waals surface area contributed by atoms with E-state index in [1.165, 1.54) is 4.68 Å². The summed E-state index contributed by atoms with van der Waals surface area (Å²) in [6.07, 6.45) is 0. The average molecular weight is 376 g/mol. The molecule has 0 saturated heterocycles. The van der Waals surface area contributed by atoms with E-state index in [4.69, 9.17) is 5.84 Å². The van der Waals surface area contributed by atoms with Crippen LogP contribution in [0.25, 0.3) is 11.4 Å². The quantitative estimate of drug-likeness (QED) is 0.524. The van der Waals surface area contributed by atoms with Gasteiger partial charge in [0.05, 0.1) is 5.25 Å². The summed E-state index contributed by atoms with van der Waals surface area (Å²) in [6, 6.07) is 7.23. The highest BCUT2D eigenvalue weighted by molar-refractivity contribution is 8.00. The molecule has 0 aliphatic rings. The lowest BCUT2D eigenvalue weighted by Crippen LogP contribution is -2.43. The maximum absolute atomic E-state index is 12.1. The van der Waals surface area contributed by atoms with Crippen LogP contribution < -0.4 is 16.5 Å². The van der Waals surface area contributed by atoms with E-state index in [2.05, 4.69) is 20.8 Å². The molecule has 1 aromatic carbocycles. The lowest BCUT2D eigenvalue weighted by atomic mass is 10.1. The van der Waals surface area contributed by atoms with Crippen LogP contribution in [0.3, 0.4) is 0 Å². The third kappa shape index (κ3) is 5.22. The predicted octanol–water partition coefficient (Wildman–Crippen LogP) is 1.93. The molecule has 1 unspecified atom stereocenters. The molecule has 2 rings (SSSR count). The number of nitrogens with zero attached hydrogens (tertiary/aromatic N) is 3. The van der Waals surface area contributed by atoms with Crippen molar-refractivity contribution >= 4 is 23.7 Å². The van der Waals surface area contributed by atoms with Crippen molar-refractivity contribution in [3.8, 4) is 11.4 Å². The molecular weight excluding hydrogens is 352 g/mol. The molecule has 0 bridgehead atoms. The van der Waals surface area contributed by atoms with Gasteiger partial charge in [0.2, 0.25) is 11.1 Å². The number of thioether (sulfide) groups is 1. The third-order valence-corrected chi connectivity index (χ3v) is 4.59. The van der Waals surface area contributed by atoms with Crippen LogP contribution in [0.2, 0.25) is 0 Å². The molecule has 0 aliphatic carbocycles. The van der Waals surface area contributed by atoms with Crippen LogP contribution >= 0.6 is 11.8 Å². The van der Waals surface area contributed by atoms with Gasteiger partial charge in [-0.3, -0.25) is 10.1 Å². The molecular formula is C17H24N6O2S. The number of imide groups is 1. The molecule has 3 amide bonds. The first-order valence-electron chi connectivity index (χ1n) is 8.30. The van der Waals surface area contributed by atoms with Crippen LogP contribution in [-0.4, -0.2) is 38.6 Å². The Labute approximate surface area is 156 Å². The molecule has 0 radical (unpaired) electrons. The highest BCUT2D eigenvalue weighted by atomic mass is 32.2. The monoisotopic (exact) mass is 376 g/mol. The van der Waals surface area contributed by atoms with Gasteiger partial charge in [0.1, 0.15) is 0 Å². The molecule has 1 heterocycles. The number of nitrogens with two attached hydrogens (primary N) is 1. The molecule has 9 heteroatoms. The van der Waals surface area contributed by atoms with Gasteiger partial charge in [-0.2, -0.15) is 0 Å². The second-order valence-electron chi connectivity index (χ2n) is 6.40. The Balaban J connectivity index is 1.99. The van der Waals surface area contributed by atoms with Crippen LogP contribution in [0.5, 0.6) is 0 Å². The minimum absolute atomic E-state index is 0.304. The average Bonchev–Trinajstić information content (AvgIpc) is 2.94. The fraction of sp³-hybridized carbons (Fsp3) is 0.412. The highest BCUT2D eigenvalue weighted by Gasteiger charge is 2.21. The molecule has 0 fully saturated rings. The zero-order valence-corrected chi connectivity index (χ0v) is 16.1. The topological polar surface area (TPSA) is 115 Å². The van der Waals surface area contributed by atoms with Crippen molar-refractivity contribution in [2.24, 2.45) is 5.92 Å². The molecule has 4 N–H and O–H groups in total. The van der Waals surface area contributed by atoms with Crippen LogP contribution in [0.4, 0.5) is 4.79 Å². The second kappa shape index (κ2) is 8.70. The molecule has 26 heavy (non-hydrogen) atoms. The third-order valence-electron chi connectivity index (χ3n) is 3.53. The Kier molecular flexibility index (Phi) is 6.62. The van der Waals surface area contributed by atoms with E-state index in [1.54, 1.807) is 6.92 Å². The SMILES string of the molecule is Cc1ccc(-c2nnc(SC(C)C(=O)NC(=O)NCC(C)C)n2N)cc1. The number of amides is 3. The van der Waals surface area contributed by atoms with E-state index < -0.39 is 17.2 Å². The van der Waals surface area contributed by atoms with Gasteiger partial charge in [0, 0.05) is 12.1 Å². The molecule has 2 aromatic rings. The molecule has 0 spiro atoms. The summed E-state index contributed by atoms with van der Waals surface area (Å²) in [4.78, 5) is 23.8. The normalized spacial score (nSPS) is 12.0. The van der Waals surface area contributed by atoms with Gasteiger partial charge in [-0.1, -0.05) is 55.4 Å². The van der Waals surface area contributed by atoms with Gasteiger partial charge in [-0.25, -0.2) is 9.47 Å². The number of nitrogen functional groups attached to an aromatic ring is 1. The number of carbonyl (C=O) groups excluding carboxylic acids is 2. The van der Waals surface area contributed by atoms with Crippen LogP contribution in [0.1, 0.15) is 26.3 Å². The first kappa shape index (κ1) is 19.8. The highest BCUT2D eigenvalue weighted by Crippen LogP contribution is 2.24. The fourth-order valence-electron chi connectivity index (χ4n) is 2.02. The van der Waals surface area contributed by atoms with E-state index in [0.29, 0.717) is 23.4 Å². The predicted molar refractivity (Wildman–Crippen MR) is 102 cm³/mol. The Morgan fingerprint density at radius 1 is 1.19 bits per heavy atom. The van der Waals surface area contributed by atoms with E-state index in [0.717, 1.165) is 22.9 Å². The molecule has 140 valence electrons. The van der Waals surface area contributed by atoms with Crippen molar-refractivity contribution in [1.29, 1.82) is 0 Å². The summed E-state index contributed by atoms with van der Waals surface area (Å²) in [6.45, 7) is 8.12. The van der Waals surface area contributed by atoms with Crippen molar-refractivity contribution < 1.29 is 9.59 Å². The molecule has 0 aliphatic heterocycles. The number of carbonyl (C=O) groups is 2. The van der Waals surface area contributed by atoms with Crippen molar-refractivity contribution in [3.63, 3.8) is 0 Å². The first-order chi connectivity index (χ1) is 12.3. The smallest absolute Gasteiger partial charge is 0.321 e.